The molecule has 2 aromatic heterocycles. The molecule has 0 aliphatic carbocycles. The number of nitrogens with one attached hydrogen (secondary N) is 2. The van der Waals surface area contributed by atoms with Crippen molar-refractivity contribution in [3.05, 3.63) is 105 Å². The summed E-state index contributed by atoms with van der Waals surface area (Å²) in [6.07, 6.45) is 1.59. The van der Waals surface area contributed by atoms with Gasteiger partial charge < -0.3 is 5.32 Å². The van der Waals surface area contributed by atoms with Crippen LogP contribution in [0.3, 0.4) is 0 Å². The van der Waals surface area contributed by atoms with Gasteiger partial charge in [0.05, 0.1) is 6.04 Å². The van der Waals surface area contributed by atoms with E-state index in [2.05, 4.69) is 15.4 Å². The van der Waals surface area contributed by atoms with Crippen LogP contribution < -0.4 is 10.9 Å². The van der Waals surface area contributed by atoms with Gasteiger partial charge in [0.15, 0.2) is 5.65 Å². The van der Waals surface area contributed by atoms with Crippen LogP contribution in [-0.2, 0) is 6.42 Å². The lowest BCUT2D eigenvalue weighted by Crippen LogP contribution is -2.27. The highest BCUT2D eigenvalue weighted by molar-refractivity contribution is 5.99. The van der Waals surface area contributed by atoms with Crippen molar-refractivity contribution in [1.82, 2.24) is 19.9 Å². The Balaban J connectivity index is 1.66. The molecule has 0 fully saturated rings. The number of H-pyrrole nitrogens is 1. The lowest BCUT2D eigenvalue weighted by atomic mass is 10.0. The Morgan fingerprint density at radius 2 is 1.87 bits per heavy atom. The summed E-state index contributed by atoms with van der Waals surface area (Å²) in [5.74, 6) is -0.707. The summed E-state index contributed by atoms with van der Waals surface area (Å²) in [5, 5.41) is 5.73. The van der Waals surface area contributed by atoms with Crippen molar-refractivity contribution in [2.45, 2.75) is 26.3 Å². The van der Waals surface area contributed by atoms with Crippen molar-refractivity contribution in [1.29, 1.82) is 0 Å². The minimum Gasteiger partial charge on any atom is -0.345 e. The van der Waals surface area contributed by atoms with Crippen LogP contribution in [0.2, 0.25) is 0 Å². The van der Waals surface area contributed by atoms with Crippen LogP contribution in [0.1, 0.15) is 45.7 Å². The lowest BCUT2D eigenvalue weighted by molar-refractivity contribution is 0.0941. The van der Waals surface area contributed by atoms with Crippen molar-refractivity contribution < 1.29 is 9.18 Å². The molecule has 2 N–H and O–H groups in total. The van der Waals surface area contributed by atoms with E-state index in [1.54, 1.807) is 25.1 Å². The third kappa shape index (κ3) is 3.61. The number of aromatic amines is 1. The Kier molecular flexibility index (Phi) is 5.18. The van der Waals surface area contributed by atoms with Crippen molar-refractivity contribution in [2.75, 3.05) is 0 Å². The van der Waals surface area contributed by atoms with Gasteiger partial charge in [-0.05, 0) is 31.0 Å². The standard InChI is InChI=1S/C23H21FN4O2/c1-14(16-8-4-3-5-9-16)27-22(29)19-13-25-28-21(19)26-15(2)18(23(28)30)12-17-10-6-7-11-20(17)24/h3-11,13-14,25H,12H2,1-2H3,(H,27,29). The first-order valence-corrected chi connectivity index (χ1v) is 9.64. The van der Waals surface area contributed by atoms with Crippen molar-refractivity contribution in [3.8, 4) is 0 Å². The van der Waals surface area contributed by atoms with Crippen LogP contribution in [0.4, 0.5) is 4.39 Å². The van der Waals surface area contributed by atoms with E-state index in [0.29, 0.717) is 16.8 Å². The summed E-state index contributed by atoms with van der Waals surface area (Å²) in [7, 11) is 0. The Hall–Kier alpha value is -3.74. The molecular formula is C23H21FN4O2. The van der Waals surface area contributed by atoms with Gasteiger partial charge in [-0.15, -0.1) is 0 Å². The minimum absolute atomic E-state index is 0.124. The molecule has 30 heavy (non-hydrogen) atoms. The highest BCUT2D eigenvalue weighted by Crippen LogP contribution is 2.16. The van der Waals surface area contributed by atoms with Crippen LogP contribution >= 0.6 is 0 Å². The molecule has 152 valence electrons. The summed E-state index contributed by atoms with van der Waals surface area (Å²) in [6.45, 7) is 3.58. The first-order valence-electron chi connectivity index (χ1n) is 9.64. The van der Waals surface area contributed by atoms with Gasteiger partial charge in [0, 0.05) is 23.9 Å². The number of rotatable bonds is 5. The maximum absolute atomic E-state index is 14.0. The number of halogens is 1. The maximum atomic E-state index is 14.0. The van der Waals surface area contributed by atoms with Gasteiger partial charge in [0.2, 0.25) is 0 Å². The highest BCUT2D eigenvalue weighted by Gasteiger charge is 2.20. The van der Waals surface area contributed by atoms with Gasteiger partial charge in [0.1, 0.15) is 11.4 Å². The molecule has 1 atom stereocenters. The predicted octanol–water partition coefficient (Wildman–Crippen LogP) is 3.55. The summed E-state index contributed by atoms with van der Waals surface area (Å²) in [5.41, 5.74) is 2.40. The fraction of sp³-hybridized carbons (Fsp3) is 0.174. The number of aromatic nitrogens is 3. The molecule has 0 aliphatic heterocycles. The second-order valence-corrected chi connectivity index (χ2v) is 7.20. The van der Waals surface area contributed by atoms with E-state index in [1.165, 1.54) is 16.8 Å². The predicted molar refractivity (Wildman–Crippen MR) is 112 cm³/mol. The van der Waals surface area contributed by atoms with Gasteiger partial charge >= 0.3 is 0 Å². The largest absolute Gasteiger partial charge is 0.345 e. The number of carbonyl (C=O) groups is 1. The minimum atomic E-state index is -0.372. The quantitative estimate of drug-likeness (QED) is 0.534. The van der Waals surface area contributed by atoms with Crippen LogP contribution in [0.15, 0.2) is 65.6 Å². The van der Waals surface area contributed by atoms with Gasteiger partial charge in [-0.2, -0.15) is 0 Å². The number of hydrogen-bond donors (Lipinski definition) is 2. The number of nitrogens with zero attached hydrogens (tertiary/aromatic N) is 2. The molecule has 6 nitrogen and oxygen atoms in total. The molecule has 0 bridgehead atoms. The fourth-order valence-electron chi connectivity index (χ4n) is 3.46. The summed E-state index contributed by atoms with van der Waals surface area (Å²) >= 11 is 0. The number of carbonyl (C=O) groups excluding carboxylic acids is 1. The molecule has 0 saturated heterocycles. The average molecular weight is 404 g/mol. The third-order valence-electron chi connectivity index (χ3n) is 5.18. The van der Waals surface area contributed by atoms with Crippen LogP contribution in [-0.4, -0.2) is 20.5 Å². The molecule has 2 aromatic carbocycles. The highest BCUT2D eigenvalue weighted by atomic mass is 19.1. The molecule has 7 heteroatoms. The molecule has 1 unspecified atom stereocenters. The summed E-state index contributed by atoms with van der Waals surface area (Å²) in [6, 6.07) is 15.7. The molecule has 4 rings (SSSR count). The third-order valence-corrected chi connectivity index (χ3v) is 5.18. The zero-order valence-corrected chi connectivity index (χ0v) is 16.6. The SMILES string of the molecule is Cc1nc2c(C(=O)NC(C)c3ccccc3)c[nH]n2c(=O)c1Cc1ccccc1F. The number of hydrogen-bond acceptors (Lipinski definition) is 3. The molecular weight excluding hydrogens is 383 g/mol. The number of aryl methyl sites for hydroxylation is 1. The van der Waals surface area contributed by atoms with E-state index in [9.17, 15) is 14.0 Å². The fourth-order valence-corrected chi connectivity index (χ4v) is 3.46. The molecule has 0 aliphatic rings. The van der Waals surface area contributed by atoms with Crippen molar-refractivity contribution >= 4 is 11.6 Å². The van der Waals surface area contributed by atoms with Crippen LogP contribution in [0.5, 0.6) is 0 Å². The first kappa shape index (κ1) is 19.6. The summed E-state index contributed by atoms with van der Waals surface area (Å²) in [4.78, 5) is 30.3. The van der Waals surface area contributed by atoms with Crippen molar-refractivity contribution in [3.63, 3.8) is 0 Å². The lowest BCUT2D eigenvalue weighted by Gasteiger charge is -2.13. The Morgan fingerprint density at radius 3 is 2.60 bits per heavy atom. The van der Waals surface area contributed by atoms with Gasteiger partial charge in [-0.25, -0.2) is 13.9 Å². The molecule has 1 amide bonds. The number of fused-ring (bicyclic) bond motifs is 1. The molecule has 0 spiro atoms. The van der Waals surface area contributed by atoms with E-state index in [-0.39, 0.29) is 41.0 Å². The number of amides is 1. The Morgan fingerprint density at radius 1 is 1.17 bits per heavy atom. The van der Waals surface area contributed by atoms with E-state index >= 15 is 0 Å². The molecule has 0 saturated carbocycles. The van der Waals surface area contributed by atoms with Crippen LogP contribution in [0, 0.1) is 12.7 Å². The zero-order chi connectivity index (χ0) is 21.3. The Labute approximate surface area is 172 Å². The maximum Gasteiger partial charge on any atom is 0.276 e. The van der Waals surface area contributed by atoms with E-state index < -0.39 is 0 Å². The smallest absolute Gasteiger partial charge is 0.276 e. The zero-order valence-electron chi connectivity index (χ0n) is 16.6. The van der Waals surface area contributed by atoms with Crippen molar-refractivity contribution in [2.24, 2.45) is 0 Å². The normalized spacial score (nSPS) is 12.1. The van der Waals surface area contributed by atoms with E-state index in [0.717, 1.165) is 5.56 Å². The average Bonchev–Trinajstić information content (AvgIpc) is 3.17. The topological polar surface area (TPSA) is 79.3 Å². The molecule has 4 aromatic rings. The monoisotopic (exact) mass is 404 g/mol. The number of benzene rings is 2. The molecule has 0 radical (unpaired) electrons. The van der Waals surface area contributed by atoms with Gasteiger partial charge in [-0.1, -0.05) is 48.5 Å². The van der Waals surface area contributed by atoms with Crippen LogP contribution in [0.25, 0.3) is 5.65 Å². The molecule has 2 heterocycles. The first-order chi connectivity index (χ1) is 14.5. The van der Waals surface area contributed by atoms with E-state index in [1.807, 2.05) is 37.3 Å². The summed E-state index contributed by atoms with van der Waals surface area (Å²) < 4.78 is 15.3. The Bertz CT molecular complexity index is 1280. The van der Waals surface area contributed by atoms with Gasteiger partial charge in [0.25, 0.3) is 11.5 Å². The second-order valence-electron chi connectivity index (χ2n) is 7.20. The van der Waals surface area contributed by atoms with E-state index in [4.69, 9.17) is 0 Å². The van der Waals surface area contributed by atoms with Gasteiger partial charge in [-0.3, -0.25) is 14.7 Å². The second kappa shape index (κ2) is 7.94.